The van der Waals surface area contributed by atoms with Crippen molar-refractivity contribution in [3.63, 3.8) is 0 Å². The Morgan fingerprint density at radius 3 is 2.00 bits per heavy atom. The van der Waals surface area contributed by atoms with Crippen LogP contribution in [0.4, 0.5) is 13.2 Å². The molecule has 0 nitrogen and oxygen atoms in total. The van der Waals surface area contributed by atoms with Crippen molar-refractivity contribution in [1.29, 1.82) is 0 Å². The summed E-state index contributed by atoms with van der Waals surface area (Å²) in [5.41, 5.74) is 1.89. The fraction of sp³-hybridized carbons (Fsp3) is 0.643. The molecule has 0 radical (unpaired) electrons. The van der Waals surface area contributed by atoms with Crippen LogP contribution in [-0.4, -0.2) is 0 Å². The SMILES string of the molecule is CCCCCCCCCC[C@H]1CC[C@H](C2=CCC(c3cc(F)c(F)c(F)c3)C=C2)CC1. The molecule has 1 fully saturated rings. The van der Waals surface area contributed by atoms with Crippen molar-refractivity contribution >= 4 is 0 Å². The molecule has 2 aliphatic rings. The molecule has 3 heteroatoms. The highest BCUT2D eigenvalue weighted by atomic mass is 19.2. The Hall–Kier alpha value is -1.51. The third kappa shape index (κ3) is 7.26. The van der Waals surface area contributed by atoms with Gasteiger partial charge in [-0.15, -0.1) is 0 Å². The molecule has 0 spiro atoms. The summed E-state index contributed by atoms with van der Waals surface area (Å²) >= 11 is 0. The first-order valence-electron chi connectivity index (χ1n) is 12.6. The largest absolute Gasteiger partial charge is 0.204 e. The summed E-state index contributed by atoms with van der Waals surface area (Å²) in [6.45, 7) is 2.27. The van der Waals surface area contributed by atoms with Crippen LogP contribution in [0.15, 0.2) is 35.9 Å². The quantitative estimate of drug-likeness (QED) is 0.241. The summed E-state index contributed by atoms with van der Waals surface area (Å²) in [6.07, 6.45) is 24.8. The Morgan fingerprint density at radius 2 is 1.42 bits per heavy atom. The highest BCUT2D eigenvalue weighted by Gasteiger charge is 2.24. The highest BCUT2D eigenvalue weighted by molar-refractivity contribution is 5.35. The lowest BCUT2D eigenvalue weighted by atomic mass is 9.75. The van der Waals surface area contributed by atoms with Crippen molar-refractivity contribution in [3.05, 3.63) is 58.9 Å². The first-order chi connectivity index (χ1) is 15.1. The van der Waals surface area contributed by atoms with Crippen LogP contribution >= 0.6 is 0 Å². The second-order valence-electron chi connectivity index (χ2n) is 9.69. The number of allylic oxidation sites excluding steroid dienone is 4. The Balaban J connectivity index is 1.35. The molecule has 0 aromatic heterocycles. The molecular formula is C28H39F3. The Kier molecular flexibility index (Phi) is 9.74. The third-order valence-corrected chi connectivity index (χ3v) is 7.35. The Bertz CT molecular complexity index is 718. The van der Waals surface area contributed by atoms with E-state index in [1.165, 1.54) is 89.0 Å². The lowest BCUT2D eigenvalue weighted by Gasteiger charge is -2.31. The number of benzene rings is 1. The first-order valence-corrected chi connectivity index (χ1v) is 12.6. The van der Waals surface area contributed by atoms with E-state index in [9.17, 15) is 13.2 Å². The van der Waals surface area contributed by atoms with E-state index in [2.05, 4.69) is 19.1 Å². The van der Waals surface area contributed by atoms with Crippen molar-refractivity contribution in [3.8, 4) is 0 Å². The van der Waals surface area contributed by atoms with E-state index in [0.717, 1.165) is 24.5 Å². The van der Waals surface area contributed by atoms with Crippen molar-refractivity contribution in [2.45, 2.75) is 103 Å². The molecule has 1 aromatic rings. The van der Waals surface area contributed by atoms with Crippen LogP contribution in [0.25, 0.3) is 0 Å². The number of unbranched alkanes of at least 4 members (excludes halogenated alkanes) is 7. The Labute approximate surface area is 187 Å². The van der Waals surface area contributed by atoms with Gasteiger partial charge in [0.2, 0.25) is 0 Å². The van der Waals surface area contributed by atoms with E-state index >= 15 is 0 Å². The molecule has 172 valence electrons. The average molecular weight is 433 g/mol. The highest BCUT2D eigenvalue weighted by Crippen LogP contribution is 2.39. The third-order valence-electron chi connectivity index (χ3n) is 7.35. The smallest absolute Gasteiger partial charge is 0.194 e. The van der Waals surface area contributed by atoms with E-state index in [1.54, 1.807) is 0 Å². The summed E-state index contributed by atoms with van der Waals surface area (Å²) in [7, 11) is 0. The molecule has 1 atom stereocenters. The predicted octanol–water partition coefficient (Wildman–Crippen LogP) is 9.41. The van der Waals surface area contributed by atoms with Crippen LogP contribution in [0.1, 0.15) is 108 Å². The van der Waals surface area contributed by atoms with E-state index in [0.29, 0.717) is 11.5 Å². The van der Waals surface area contributed by atoms with Gasteiger partial charge in [0.05, 0.1) is 0 Å². The van der Waals surface area contributed by atoms with E-state index in [4.69, 9.17) is 0 Å². The van der Waals surface area contributed by atoms with Crippen molar-refractivity contribution in [2.24, 2.45) is 11.8 Å². The van der Waals surface area contributed by atoms with E-state index < -0.39 is 17.5 Å². The molecule has 1 saturated carbocycles. The van der Waals surface area contributed by atoms with E-state index in [1.807, 2.05) is 6.08 Å². The minimum Gasteiger partial charge on any atom is -0.204 e. The summed E-state index contributed by atoms with van der Waals surface area (Å²) < 4.78 is 40.3. The van der Waals surface area contributed by atoms with Crippen LogP contribution in [0.5, 0.6) is 0 Å². The average Bonchev–Trinajstić information content (AvgIpc) is 2.79. The molecule has 0 N–H and O–H groups in total. The van der Waals surface area contributed by atoms with Gasteiger partial charge < -0.3 is 0 Å². The maximum atomic E-state index is 13.5. The molecule has 0 bridgehead atoms. The van der Waals surface area contributed by atoms with Crippen LogP contribution in [-0.2, 0) is 0 Å². The zero-order valence-electron chi connectivity index (χ0n) is 19.2. The van der Waals surface area contributed by atoms with Crippen molar-refractivity contribution in [2.75, 3.05) is 0 Å². The van der Waals surface area contributed by atoms with Gasteiger partial charge in [0.1, 0.15) is 0 Å². The minimum absolute atomic E-state index is 0.0772. The Morgan fingerprint density at radius 1 is 0.806 bits per heavy atom. The summed E-state index contributed by atoms with van der Waals surface area (Å²) in [4.78, 5) is 0. The standard InChI is InChI=1S/C28H39F3/c1-2-3-4-5-6-7-8-9-10-21-11-13-22(14-12-21)23-15-17-24(18-16-23)25-19-26(29)28(31)27(30)20-25/h15-17,19-22,24H,2-14,18H2,1H3/t21-,22-,24?. The zero-order chi connectivity index (χ0) is 22.1. The molecule has 2 aliphatic carbocycles. The fourth-order valence-corrected chi connectivity index (χ4v) is 5.33. The fourth-order valence-electron chi connectivity index (χ4n) is 5.33. The lowest BCUT2D eigenvalue weighted by molar-refractivity contribution is 0.282. The molecule has 0 saturated heterocycles. The minimum atomic E-state index is -1.39. The molecule has 0 amide bonds. The van der Waals surface area contributed by atoms with Crippen molar-refractivity contribution < 1.29 is 13.2 Å². The number of rotatable bonds is 11. The second-order valence-corrected chi connectivity index (χ2v) is 9.69. The number of hydrogen-bond donors (Lipinski definition) is 0. The normalized spacial score (nSPS) is 23.7. The van der Waals surface area contributed by atoms with E-state index in [-0.39, 0.29) is 5.92 Å². The summed E-state index contributed by atoms with van der Waals surface area (Å²) in [5, 5.41) is 0. The first kappa shape index (κ1) is 24.1. The molecule has 1 unspecified atom stereocenters. The summed E-state index contributed by atoms with van der Waals surface area (Å²) in [6, 6.07) is 2.26. The predicted molar refractivity (Wildman–Crippen MR) is 124 cm³/mol. The molecule has 3 rings (SSSR count). The zero-order valence-corrected chi connectivity index (χ0v) is 19.2. The van der Waals surface area contributed by atoms with Gasteiger partial charge >= 0.3 is 0 Å². The molecule has 0 heterocycles. The maximum Gasteiger partial charge on any atom is 0.194 e. The lowest BCUT2D eigenvalue weighted by Crippen LogP contribution is -2.17. The van der Waals surface area contributed by atoms with Gasteiger partial charge in [-0.2, -0.15) is 0 Å². The molecule has 0 aliphatic heterocycles. The van der Waals surface area contributed by atoms with Gasteiger partial charge in [0.15, 0.2) is 17.5 Å². The van der Waals surface area contributed by atoms with Gasteiger partial charge in [0.25, 0.3) is 0 Å². The molecular weight excluding hydrogens is 393 g/mol. The van der Waals surface area contributed by atoms with Crippen molar-refractivity contribution in [1.82, 2.24) is 0 Å². The van der Waals surface area contributed by atoms with Gasteiger partial charge in [0, 0.05) is 5.92 Å². The molecule has 1 aromatic carbocycles. The summed E-state index contributed by atoms with van der Waals surface area (Å²) in [5.74, 6) is -2.16. The second kappa shape index (κ2) is 12.5. The van der Waals surface area contributed by atoms with Crippen LogP contribution in [0.3, 0.4) is 0 Å². The van der Waals surface area contributed by atoms with Gasteiger partial charge in [-0.1, -0.05) is 82.9 Å². The van der Waals surface area contributed by atoms with Gasteiger partial charge in [-0.3, -0.25) is 0 Å². The number of hydrogen-bond acceptors (Lipinski definition) is 0. The van der Waals surface area contributed by atoms with Crippen LogP contribution in [0.2, 0.25) is 0 Å². The maximum absolute atomic E-state index is 13.5. The van der Waals surface area contributed by atoms with Crippen LogP contribution in [0, 0.1) is 29.3 Å². The number of halogens is 3. The van der Waals surface area contributed by atoms with Crippen LogP contribution < -0.4 is 0 Å². The van der Waals surface area contributed by atoms with Gasteiger partial charge in [-0.05, 0) is 67.2 Å². The monoisotopic (exact) mass is 432 g/mol. The molecule has 31 heavy (non-hydrogen) atoms. The van der Waals surface area contributed by atoms with Gasteiger partial charge in [-0.25, -0.2) is 13.2 Å². The topological polar surface area (TPSA) is 0 Å².